The third-order valence-electron chi connectivity index (χ3n) is 2.90. The number of piperidine rings is 1. The van der Waals surface area contributed by atoms with Gasteiger partial charge < -0.3 is 4.90 Å². The van der Waals surface area contributed by atoms with Crippen LogP contribution >= 0.6 is 0 Å². The first kappa shape index (κ1) is 8.89. The molecule has 13 heavy (non-hydrogen) atoms. The number of hydrogen-bond donors (Lipinski definition) is 0. The molecule has 0 unspecified atom stereocenters. The molecule has 0 aliphatic carbocycles. The van der Waals surface area contributed by atoms with Gasteiger partial charge in [-0.25, -0.2) is 6.07 Å². The Morgan fingerprint density at radius 1 is 1.23 bits per heavy atom. The maximum Gasteiger partial charge on any atom is -0.00190 e. The highest BCUT2D eigenvalue weighted by atomic mass is 15.1. The highest BCUT2D eigenvalue weighted by molar-refractivity contribution is 5.16. The van der Waals surface area contributed by atoms with Gasteiger partial charge in [0.05, 0.1) is 0 Å². The van der Waals surface area contributed by atoms with E-state index in [1.807, 2.05) is 0 Å². The van der Waals surface area contributed by atoms with Gasteiger partial charge in [0.15, 0.2) is 0 Å². The van der Waals surface area contributed by atoms with E-state index in [0.29, 0.717) is 0 Å². The van der Waals surface area contributed by atoms with Crippen LogP contribution in [0.25, 0.3) is 0 Å². The lowest BCUT2D eigenvalue weighted by Gasteiger charge is -2.27. The van der Waals surface area contributed by atoms with E-state index >= 15 is 0 Å². The van der Waals surface area contributed by atoms with Crippen LogP contribution in [0, 0.1) is 0 Å². The zero-order valence-electron chi connectivity index (χ0n) is 8.21. The van der Waals surface area contributed by atoms with Crippen molar-refractivity contribution in [2.24, 2.45) is 0 Å². The molecule has 0 N–H and O–H groups in total. The summed E-state index contributed by atoms with van der Waals surface area (Å²) in [4.78, 5) is 2.59. The zero-order chi connectivity index (χ0) is 8.93. The summed E-state index contributed by atoms with van der Waals surface area (Å²) in [6.45, 7) is 3.89. The van der Waals surface area contributed by atoms with Crippen molar-refractivity contribution in [3.63, 3.8) is 0 Å². The molecule has 1 saturated heterocycles. The van der Waals surface area contributed by atoms with Crippen LogP contribution in [-0.4, -0.2) is 24.5 Å². The first-order chi connectivity index (χ1) is 6.45. The molecule has 0 aromatic heterocycles. The van der Waals surface area contributed by atoms with Crippen LogP contribution in [0.4, 0.5) is 0 Å². The van der Waals surface area contributed by atoms with Gasteiger partial charge in [-0.1, -0.05) is 12.8 Å². The average molecular weight is 176 g/mol. The molecule has 0 radical (unpaired) electrons. The predicted molar refractivity (Wildman–Crippen MR) is 56.0 cm³/mol. The Bertz CT molecular complexity index is 219. The number of nitrogens with zero attached hydrogens (tertiary/aromatic N) is 1. The monoisotopic (exact) mass is 176 g/mol. The van der Waals surface area contributed by atoms with Crippen molar-refractivity contribution in [3.8, 4) is 0 Å². The van der Waals surface area contributed by atoms with E-state index < -0.39 is 0 Å². The lowest BCUT2D eigenvalue weighted by molar-refractivity contribution is 0.231. The molecule has 0 atom stereocenters. The molecule has 1 aliphatic rings. The average Bonchev–Trinajstić information content (AvgIpc) is 2.69. The number of rotatable bonds is 3. The Labute approximate surface area is 80.7 Å². The van der Waals surface area contributed by atoms with Gasteiger partial charge in [0.25, 0.3) is 0 Å². The van der Waals surface area contributed by atoms with Crippen LogP contribution < -0.4 is 0 Å². The zero-order valence-corrected chi connectivity index (χ0v) is 8.21. The summed E-state index contributed by atoms with van der Waals surface area (Å²) in [6.07, 6.45) is 5.47. The summed E-state index contributed by atoms with van der Waals surface area (Å²) in [5, 5.41) is 0. The largest absolute Gasteiger partial charge is 0.304 e. The Kier molecular flexibility index (Phi) is 3.09. The third kappa shape index (κ3) is 2.63. The molecule has 0 spiro atoms. The van der Waals surface area contributed by atoms with Crippen molar-refractivity contribution >= 4 is 0 Å². The lowest BCUT2D eigenvalue weighted by Crippen LogP contribution is -2.31. The summed E-state index contributed by atoms with van der Waals surface area (Å²) in [6, 6.07) is 8.71. The van der Waals surface area contributed by atoms with E-state index in [0.717, 1.165) is 0 Å². The van der Waals surface area contributed by atoms with E-state index in [1.54, 1.807) is 0 Å². The second-order valence-electron chi connectivity index (χ2n) is 3.95. The summed E-state index contributed by atoms with van der Waals surface area (Å²) in [7, 11) is 0. The maximum absolute atomic E-state index is 2.59. The minimum atomic E-state index is 1.23. The Morgan fingerprint density at radius 3 is 2.77 bits per heavy atom. The molecule has 0 saturated carbocycles. The van der Waals surface area contributed by atoms with Crippen LogP contribution in [0.2, 0.25) is 0 Å². The second kappa shape index (κ2) is 4.52. The molecule has 0 amide bonds. The van der Waals surface area contributed by atoms with Crippen LogP contribution in [0.3, 0.4) is 0 Å². The Morgan fingerprint density at radius 2 is 2.08 bits per heavy atom. The Balaban J connectivity index is 1.72. The molecule has 1 heteroatoms. The van der Waals surface area contributed by atoms with Crippen LogP contribution in [0.15, 0.2) is 24.3 Å². The van der Waals surface area contributed by atoms with E-state index in [4.69, 9.17) is 0 Å². The molecule has 1 heterocycles. The fraction of sp³-hybridized carbons (Fsp3) is 0.583. The molecule has 0 bridgehead atoms. The first-order valence-electron chi connectivity index (χ1n) is 5.38. The highest BCUT2D eigenvalue weighted by Crippen LogP contribution is 2.10. The van der Waals surface area contributed by atoms with Crippen LogP contribution in [0.1, 0.15) is 24.8 Å². The minimum absolute atomic E-state index is 1.23. The van der Waals surface area contributed by atoms with Gasteiger partial charge in [-0.15, -0.1) is 0 Å². The van der Waals surface area contributed by atoms with Crippen LogP contribution in [-0.2, 0) is 6.42 Å². The maximum atomic E-state index is 2.59. The van der Waals surface area contributed by atoms with Crippen molar-refractivity contribution < 1.29 is 0 Å². The van der Waals surface area contributed by atoms with E-state index in [9.17, 15) is 0 Å². The van der Waals surface area contributed by atoms with Gasteiger partial charge in [0.1, 0.15) is 0 Å². The summed E-state index contributed by atoms with van der Waals surface area (Å²) in [5.41, 5.74) is 1.49. The summed E-state index contributed by atoms with van der Waals surface area (Å²) < 4.78 is 0. The van der Waals surface area contributed by atoms with Gasteiger partial charge in [-0.2, -0.15) is 23.8 Å². The smallest absolute Gasteiger partial charge is 0.00190 e. The number of hydrogen-bond acceptors (Lipinski definition) is 1. The van der Waals surface area contributed by atoms with Crippen molar-refractivity contribution in [1.82, 2.24) is 4.90 Å². The topological polar surface area (TPSA) is 3.24 Å². The molecular weight excluding hydrogens is 158 g/mol. The summed E-state index contributed by atoms with van der Waals surface area (Å²) >= 11 is 0. The second-order valence-corrected chi connectivity index (χ2v) is 3.95. The normalized spacial score (nSPS) is 19.1. The van der Waals surface area contributed by atoms with Crippen LogP contribution in [0.5, 0.6) is 0 Å². The first-order valence-corrected chi connectivity index (χ1v) is 5.38. The molecular formula is C12H18N-. The lowest BCUT2D eigenvalue weighted by atomic mass is 10.1. The molecule has 1 aliphatic heterocycles. The third-order valence-corrected chi connectivity index (χ3v) is 2.90. The highest BCUT2D eigenvalue weighted by Gasteiger charge is 2.07. The van der Waals surface area contributed by atoms with Gasteiger partial charge >= 0.3 is 0 Å². The van der Waals surface area contributed by atoms with E-state index in [1.165, 1.54) is 50.9 Å². The summed E-state index contributed by atoms with van der Waals surface area (Å²) in [5.74, 6) is 0. The molecule has 2 rings (SSSR count). The fourth-order valence-electron chi connectivity index (χ4n) is 2.05. The van der Waals surface area contributed by atoms with E-state index in [2.05, 4.69) is 29.2 Å². The van der Waals surface area contributed by atoms with Crippen molar-refractivity contribution in [2.75, 3.05) is 19.6 Å². The minimum Gasteiger partial charge on any atom is -0.304 e. The van der Waals surface area contributed by atoms with Gasteiger partial charge in [0, 0.05) is 0 Å². The Hall–Kier alpha value is -0.690. The van der Waals surface area contributed by atoms with Gasteiger partial charge in [-0.05, 0) is 32.5 Å². The quantitative estimate of drug-likeness (QED) is 0.639. The SMILES string of the molecule is c1cc(CCN2CCCCC2)c[cH-]1. The molecule has 72 valence electrons. The number of likely N-dealkylation sites (tertiary alicyclic amines) is 1. The van der Waals surface area contributed by atoms with Gasteiger partial charge in [0.2, 0.25) is 0 Å². The van der Waals surface area contributed by atoms with Crippen molar-refractivity contribution in [3.05, 3.63) is 29.8 Å². The van der Waals surface area contributed by atoms with Crippen molar-refractivity contribution in [2.45, 2.75) is 25.7 Å². The standard InChI is InChI=1S/C12H18N/c1-4-9-13(10-5-1)11-8-12-6-2-3-7-12/h2-3,6-7H,1,4-5,8-11H2/q-1. The molecule has 1 nitrogen and oxygen atoms in total. The van der Waals surface area contributed by atoms with Gasteiger partial charge in [-0.3, -0.25) is 0 Å². The predicted octanol–water partition coefficient (Wildman–Crippen LogP) is 2.43. The molecule has 1 aromatic carbocycles. The molecule has 1 fully saturated rings. The fourth-order valence-corrected chi connectivity index (χ4v) is 2.05. The van der Waals surface area contributed by atoms with E-state index in [-0.39, 0.29) is 0 Å². The van der Waals surface area contributed by atoms with Crippen molar-refractivity contribution in [1.29, 1.82) is 0 Å². The molecule has 1 aromatic rings.